The molecule has 1 heterocycles. The van der Waals surface area contributed by atoms with Crippen molar-refractivity contribution < 1.29 is 14.3 Å². The van der Waals surface area contributed by atoms with E-state index in [0.29, 0.717) is 24.7 Å². The molecule has 0 fully saturated rings. The third-order valence-corrected chi connectivity index (χ3v) is 5.73. The van der Waals surface area contributed by atoms with Crippen molar-refractivity contribution in [1.29, 1.82) is 0 Å². The molecule has 0 saturated heterocycles. The molecular weight excluding hydrogens is 386 g/mol. The zero-order valence-corrected chi connectivity index (χ0v) is 19.6. The Balaban J connectivity index is 1.96. The van der Waals surface area contributed by atoms with Crippen LogP contribution in [0.2, 0.25) is 0 Å². The van der Waals surface area contributed by atoms with Crippen LogP contribution in [0.4, 0.5) is 0 Å². The quantitative estimate of drug-likeness (QED) is 0.167. The Labute approximate surface area is 188 Å². The average molecular weight is 426 g/mol. The van der Waals surface area contributed by atoms with Crippen LogP contribution in [0.1, 0.15) is 85.0 Å². The van der Waals surface area contributed by atoms with Gasteiger partial charge in [-0.3, -0.25) is 9.78 Å². The summed E-state index contributed by atoms with van der Waals surface area (Å²) in [5, 5.41) is 0. The summed E-state index contributed by atoms with van der Waals surface area (Å²) in [7, 11) is 0. The van der Waals surface area contributed by atoms with Crippen molar-refractivity contribution in [2.24, 2.45) is 5.92 Å². The lowest BCUT2D eigenvalue weighted by atomic mass is 10.0. The van der Waals surface area contributed by atoms with Gasteiger partial charge in [0.2, 0.25) is 0 Å². The molecule has 1 aromatic heterocycles. The van der Waals surface area contributed by atoms with Crippen molar-refractivity contribution >= 4 is 5.97 Å². The Hall–Kier alpha value is -2.36. The molecule has 2 rings (SSSR count). The van der Waals surface area contributed by atoms with Gasteiger partial charge in [-0.2, -0.15) is 0 Å². The Bertz CT molecular complexity index is 775. The normalized spacial score (nSPS) is 11.8. The van der Waals surface area contributed by atoms with E-state index in [9.17, 15) is 4.79 Å². The van der Waals surface area contributed by atoms with Gasteiger partial charge in [0.15, 0.2) is 0 Å². The number of pyridine rings is 1. The summed E-state index contributed by atoms with van der Waals surface area (Å²) >= 11 is 0. The number of rotatable bonds is 15. The number of carbonyl (C=O) groups is 1. The van der Waals surface area contributed by atoms with Crippen LogP contribution in [0.15, 0.2) is 42.7 Å². The van der Waals surface area contributed by atoms with Crippen LogP contribution in [-0.4, -0.2) is 17.6 Å². The first-order valence-corrected chi connectivity index (χ1v) is 12.0. The van der Waals surface area contributed by atoms with E-state index in [1.165, 1.54) is 38.5 Å². The van der Waals surface area contributed by atoms with Gasteiger partial charge in [0.25, 0.3) is 0 Å². The SMILES string of the molecule is CCCCCCCCCOc1cnccc1-c1ccccc1OC(=O)CCC(C)CC. The molecule has 0 bridgehead atoms. The molecule has 1 atom stereocenters. The minimum Gasteiger partial charge on any atom is -0.491 e. The number of nitrogens with zero attached hydrogens (tertiary/aromatic N) is 1. The number of unbranched alkanes of at least 4 members (excludes halogenated alkanes) is 6. The van der Waals surface area contributed by atoms with Gasteiger partial charge < -0.3 is 9.47 Å². The van der Waals surface area contributed by atoms with Gasteiger partial charge in [0.1, 0.15) is 11.5 Å². The summed E-state index contributed by atoms with van der Waals surface area (Å²) in [6.07, 6.45) is 14.6. The van der Waals surface area contributed by atoms with Gasteiger partial charge in [-0.15, -0.1) is 0 Å². The first-order valence-electron chi connectivity index (χ1n) is 12.0. The molecule has 0 aliphatic rings. The van der Waals surface area contributed by atoms with E-state index in [1.807, 2.05) is 30.3 Å². The maximum absolute atomic E-state index is 12.4. The van der Waals surface area contributed by atoms with Crippen LogP contribution in [0.3, 0.4) is 0 Å². The van der Waals surface area contributed by atoms with E-state index in [1.54, 1.807) is 12.4 Å². The molecule has 0 aliphatic carbocycles. The maximum Gasteiger partial charge on any atom is 0.311 e. The number of hydrogen-bond donors (Lipinski definition) is 0. The monoisotopic (exact) mass is 425 g/mol. The molecule has 0 amide bonds. The second kappa shape index (κ2) is 14.6. The second-order valence-electron chi connectivity index (χ2n) is 8.36. The molecule has 170 valence electrons. The van der Waals surface area contributed by atoms with Crippen LogP contribution in [-0.2, 0) is 4.79 Å². The smallest absolute Gasteiger partial charge is 0.311 e. The fraction of sp³-hybridized carbons (Fsp3) is 0.556. The molecule has 4 nitrogen and oxygen atoms in total. The summed E-state index contributed by atoms with van der Waals surface area (Å²) < 4.78 is 11.8. The molecule has 31 heavy (non-hydrogen) atoms. The summed E-state index contributed by atoms with van der Waals surface area (Å²) in [5.74, 6) is 1.64. The minimum atomic E-state index is -0.188. The van der Waals surface area contributed by atoms with Crippen molar-refractivity contribution in [3.8, 4) is 22.6 Å². The van der Waals surface area contributed by atoms with Crippen LogP contribution in [0.5, 0.6) is 11.5 Å². The van der Waals surface area contributed by atoms with Crippen molar-refractivity contribution in [1.82, 2.24) is 4.98 Å². The third-order valence-electron chi connectivity index (χ3n) is 5.73. The fourth-order valence-corrected chi connectivity index (χ4v) is 3.48. The van der Waals surface area contributed by atoms with Gasteiger partial charge >= 0.3 is 5.97 Å². The van der Waals surface area contributed by atoms with E-state index >= 15 is 0 Å². The van der Waals surface area contributed by atoms with Crippen LogP contribution >= 0.6 is 0 Å². The molecule has 0 radical (unpaired) electrons. The molecule has 0 saturated carbocycles. The number of ether oxygens (including phenoxy) is 2. The molecule has 4 heteroatoms. The van der Waals surface area contributed by atoms with E-state index in [2.05, 4.69) is 25.8 Å². The van der Waals surface area contributed by atoms with E-state index in [0.717, 1.165) is 36.1 Å². The Kier molecular flexibility index (Phi) is 11.7. The first-order chi connectivity index (χ1) is 15.2. The number of hydrogen-bond acceptors (Lipinski definition) is 4. The van der Waals surface area contributed by atoms with E-state index in [4.69, 9.17) is 9.47 Å². The summed E-state index contributed by atoms with van der Waals surface area (Å²) in [6, 6.07) is 9.57. The number of esters is 1. The van der Waals surface area contributed by atoms with Gasteiger partial charge in [0.05, 0.1) is 12.8 Å². The molecule has 0 spiro atoms. The van der Waals surface area contributed by atoms with E-state index in [-0.39, 0.29) is 5.97 Å². The predicted octanol–water partition coefficient (Wildman–Crippen LogP) is 7.61. The highest BCUT2D eigenvalue weighted by atomic mass is 16.5. The van der Waals surface area contributed by atoms with Gasteiger partial charge in [-0.05, 0) is 30.9 Å². The van der Waals surface area contributed by atoms with Crippen LogP contribution < -0.4 is 9.47 Å². The largest absolute Gasteiger partial charge is 0.491 e. The topological polar surface area (TPSA) is 48.4 Å². The molecule has 0 aliphatic heterocycles. The summed E-state index contributed by atoms with van der Waals surface area (Å²) in [4.78, 5) is 16.6. The lowest BCUT2D eigenvalue weighted by Crippen LogP contribution is -2.10. The standard InChI is InChI=1S/C27H39NO3/c1-4-6-7-8-9-10-13-20-30-26-21-28-19-18-24(26)23-14-11-12-15-25(23)31-27(29)17-16-22(3)5-2/h11-12,14-15,18-19,21-22H,4-10,13,16-17,20H2,1-3H3. The zero-order valence-electron chi connectivity index (χ0n) is 19.6. The molecule has 2 aromatic rings. The molecule has 0 N–H and O–H groups in total. The van der Waals surface area contributed by atoms with Crippen LogP contribution in [0.25, 0.3) is 11.1 Å². The van der Waals surface area contributed by atoms with Crippen molar-refractivity contribution in [2.75, 3.05) is 6.61 Å². The number of benzene rings is 1. The highest BCUT2D eigenvalue weighted by molar-refractivity contribution is 5.80. The average Bonchev–Trinajstić information content (AvgIpc) is 2.80. The van der Waals surface area contributed by atoms with Gasteiger partial charge in [-0.25, -0.2) is 0 Å². The Morgan fingerprint density at radius 3 is 2.42 bits per heavy atom. The van der Waals surface area contributed by atoms with Crippen molar-refractivity contribution in [2.45, 2.75) is 85.0 Å². The molecular formula is C27H39NO3. The number of para-hydroxylation sites is 1. The maximum atomic E-state index is 12.4. The Morgan fingerprint density at radius 1 is 0.935 bits per heavy atom. The van der Waals surface area contributed by atoms with Crippen LogP contribution in [0, 0.1) is 5.92 Å². The highest BCUT2D eigenvalue weighted by Crippen LogP contribution is 2.36. The van der Waals surface area contributed by atoms with Gasteiger partial charge in [0, 0.05) is 23.7 Å². The number of aromatic nitrogens is 1. The predicted molar refractivity (Wildman–Crippen MR) is 127 cm³/mol. The minimum absolute atomic E-state index is 0.188. The zero-order chi connectivity index (χ0) is 22.3. The summed E-state index contributed by atoms with van der Waals surface area (Å²) in [5.41, 5.74) is 1.76. The Morgan fingerprint density at radius 2 is 1.65 bits per heavy atom. The second-order valence-corrected chi connectivity index (χ2v) is 8.36. The highest BCUT2D eigenvalue weighted by Gasteiger charge is 2.15. The van der Waals surface area contributed by atoms with Crippen molar-refractivity contribution in [3.05, 3.63) is 42.7 Å². The van der Waals surface area contributed by atoms with E-state index < -0.39 is 0 Å². The number of carbonyl (C=O) groups excluding carboxylic acids is 1. The lowest BCUT2D eigenvalue weighted by Gasteiger charge is -2.15. The summed E-state index contributed by atoms with van der Waals surface area (Å²) in [6.45, 7) is 7.21. The molecule has 1 aromatic carbocycles. The van der Waals surface area contributed by atoms with Gasteiger partial charge in [-0.1, -0.05) is 83.9 Å². The van der Waals surface area contributed by atoms with Crippen molar-refractivity contribution in [3.63, 3.8) is 0 Å². The first kappa shape index (κ1) is 24.9. The lowest BCUT2D eigenvalue weighted by molar-refractivity contribution is -0.134. The molecule has 1 unspecified atom stereocenters. The fourth-order valence-electron chi connectivity index (χ4n) is 3.48. The third kappa shape index (κ3) is 9.12.